The van der Waals surface area contributed by atoms with Gasteiger partial charge in [-0.2, -0.15) is 0 Å². The Bertz CT molecular complexity index is 801. The van der Waals surface area contributed by atoms with Crippen LogP contribution in [0.15, 0.2) is 28.9 Å². The van der Waals surface area contributed by atoms with E-state index in [1.165, 1.54) is 0 Å². The van der Waals surface area contributed by atoms with Crippen LogP contribution in [0.2, 0.25) is 5.02 Å². The van der Waals surface area contributed by atoms with Crippen molar-refractivity contribution in [1.82, 2.24) is 4.98 Å². The number of benzene rings is 1. The number of carbonyl (C=O) groups is 1. The van der Waals surface area contributed by atoms with E-state index in [9.17, 15) is 4.79 Å². The molecular weight excluding hydrogens is 406 g/mol. The Labute approximate surface area is 160 Å². The molecule has 1 aromatic carbocycles. The maximum Gasteiger partial charge on any atom is 0.405 e. The smallest absolute Gasteiger partial charge is 0.405 e. The highest BCUT2D eigenvalue weighted by Gasteiger charge is 2.32. The molecule has 1 aliphatic heterocycles. The summed E-state index contributed by atoms with van der Waals surface area (Å²) in [4.78, 5) is 17.6. The van der Waals surface area contributed by atoms with Gasteiger partial charge in [0.25, 0.3) is 0 Å². The fourth-order valence-corrected chi connectivity index (χ4v) is 3.89. The minimum atomic E-state index is -0.721. The van der Waals surface area contributed by atoms with E-state index in [-0.39, 0.29) is 0 Å². The monoisotopic (exact) mass is 425 g/mol. The number of fused-ring (bicyclic) bond motifs is 1. The molecule has 0 unspecified atom stereocenters. The molecule has 0 radical (unpaired) electrons. The first-order chi connectivity index (χ1) is 11.7. The van der Waals surface area contributed by atoms with Crippen LogP contribution in [-0.2, 0) is 4.74 Å². The van der Waals surface area contributed by atoms with E-state index in [4.69, 9.17) is 22.1 Å². The Morgan fingerprint density at radius 3 is 2.88 bits per heavy atom. The minimum absolute atomic E-state index is 0.530. The zero-order valence-electron chi connectivity index (χ0n) is 14.3. The van der Waals surface area contributed by atoms with Crippen molar-refractivity contribution >= 4 is 50.2 Å². The number of primary amides is 1. The molecule has 1 amide bonds. The van der Waals surface area contributed by atoms with E-state index in [1.54, 1.807) is 6.20 Å². The maximum absolute atomic E-state index is 10.9. The van der Waals surface area contributed by atoms with E-state index >= 15 is 0 Å². The molecule has 0 bridgehead atoms. The van der Waals surface area contributed by atoms with Gasteiger partial charge >= 0.3 is 6.09 Å². The molecule has 1 aromatic heterocycles. The lowest BCUT2D eigenvalue weighted by atomic mass is 9.89. The van der Waals surface area contributed by atoms with E-state index < -0.39 is 11.7 Å². The third-order valence-electron chi connectivity index (χ3n) is 4.56. The van der Waals surface area contributed by atoms with Crippen LogP contribution in [0.5, 0.6) is 0 Å². The van der Waals surface area contributed by atoms with Crippen LogP contribution >= 0.6 is 27.5 Å². The average molecular weight is 427 g/mol. The van der Waals surface area contributed by atoms with Gasteiger partial charge in [0.15, 0.2) is 0 Å². The summed E-state index contributed by atoms with van der Waals surface area (Å²) >= 11 is 9.94. The average Bonchev–Trinajstić information content (AvgIpc) is 2.46. The zero-order valence-corrected chi connectivity index (χ0v) is 16.6. The summed E-state index contributed by atoms with van der Waals surface area (Å²) < 4.78 is 6.16. The molecule has 7 heteroatoms. The number of halogens is 2. The number of nitrogens with zero attached hydrogens (tertiary/aromatic N) is 2. The number of anilines is 1. The van der Waals surface area contributed by atoms with Gasteiger partial charge in [-0.25, -0.2) is 4.79 Å². The molecule has 3 rings (SSSR count). The van der Waals surface area contributed by atoms with Gasteiger partial charge in [0, 0.05) is 29.1 Å². The maximum atomic E-state index is 10.9. The quantitative estimate of drug-likeness (QED) is 0.749. The number of aromatic nitrogens is 1. The van der Waals surface area contributed by atoms with Crippen LogP contribution in [-0.4, -0.2) is 29.8 Å². The number of carbonyl (C=O) groups excluding carboxylic acids is 1. The van der Waals surface area contributed by atoms with Crippen molar-refractivity contribution in [3.63, 3.8) is 0 Å². The van der Waals surface area contributed by atoms with E-state index in [1.807, 2.05) is 26.0 Å². The number of nitrogens with two attached hydrogens (primary N) is 1. The Morgan fingerprint density at radius 2 is 2.20 bits per heavy atom. The van der Waals surface area contributed by atoms with Gasteiger partial charge < -0.3 is 15.4 Å². The highest BCUT2D eigenvalue weighted by Crippen LogP contribution is 2.39. The summed E-state index contributed by atoms with van der Waals surface area (Å²) in [6, 6.07) is 6.02. The second-order valence-electron chi connectivity index (χ2n) is 7.11. The Balaban J connectivity index is 1.67. The van der Waals surface area contributed by atoms with E-state index in [2.05, 4.69) is 31.9 Å². The van der Waals surface area contributed by atoms with Crippen LogP contribution in [0.25, 0.3) is 10.9 Å². The molecule has 2 heterocycles. The molecule has 0 aliphatic carbocycles. The number of ether oxygens (including phenoxy) is 1. The fourth-order valence-electron chi connectivity index (χ4n) is 3.26. The normalized spacial score (nSPS) is 15.3. The molecule has 5 nitrogen and oxygen atoms in total. The van der Waals surface area contributed by atoms with Crippen molar-refractivity contribution in [1.29, 1.82) is 0 Å². The summed E-state index contributed by atoms with van der Waals surface area (Å²) in [5, 5.41) is 1.72. The molecule has 1 saturated heterocycles. The third-order valence-corrected chi connectivity index (χ3v) is 5.33. The highest BCUT2D eigenvalue weighted by molar-refractivity contribution is 9.10. The zero-order chi connectivity index (χ0) is 18.2. The molecule has 1 fully saturated rings. The van der Waals surface area contributed by atoms with Crippen LogP contribution < -0.4 is 10.6 Å². The molecule has 0 atom stereocenters. The number of rotatable bonds is 5. The van der Waals surface area contributed by atoms with Crippen LogP contribution in [0, 0.1) is 5.92 Å². The molecule has 0 spiro atoms. The SMILES string of the molecule is CC(C)(CCC1CN(c2c(Cl)cnc3ccc(Br)cc23)C1)OC(N)=O. The van der Waals surface area contributed by atoms with Gasteiger partial charge in [0.05, 0.1) is 16.2 Å². The standard InChI is InChI=1S/C18H21BrClN3O2/c1-18(2,25-17(21)24)6-5-11-9-23(10-11)16-13-7-12(19)3-4-15(13)22-8-14(16)20/h3-4,7-8,11H,5-6,9-10H2,1-2H3,(H2,21,24). The summed E-state index contributed by atoms with van der Waals surface area (Å²) in [5.74, 6) is 0.544. The summed E-state index contributed by atoms with van der Waals surface area (Å²) in [6.07, 6.45) is 2.75. The lowest BCUT2D eigenvalue weighted by Crippen LogP contribution is -2.47. The number of amides is 1. The van der Waals surface area contributed by atoms with E-state index in [0.29, 0.717) is 10.9 Å². The van der Waals surface area contributed by atoms with Gasteiger partial charge in [-0.15, -0.1) is 0 Å². The Kier molecular flexibility index (Phi) is 5.11. The highest BCUT2D eigenvalue weighted by atomic mass is 79.9. The molecule has 25 heavy (non-hydrogen) atoms. The van der Waals surface area contributed by atoms with Crippen molar-refractivity contribution in [2.75, 3.05) is 18.0 Å². The summed E-state index contributed by atoms with van der Waals surface area (Å²) in [6.45, 7) is 5.63. The van der Waals surface area contributed by atoms with Gasteiger partial charge in [0.1, 0.15) is 5.60 Å². The lowest BCUT2D eigenvalue weighted by molar-refractivity contribution is 0.0332. The molecule has 2 aromatic rings. The number of pyridine rings is 1. The van der Waals surface area contributed by atoms with Crippen molar-refractivity contribution < 1.29 is 9.53 Å². The predicted octanol–water partition coefficient (Wildman–Crippen LogP) is 4.74. The topological polar surface area (TPSA) is 68.5 Å². The van der Waals surface area contributed by atoms with Crippen LogP contribution in [0.1, 0.15) is 26.7 Å². The van der Waals surface area contributed by atoms with Crippen molar-refractivity contribution in [3.8, 4) is 0 Å². The summed E-state index contributed by atoms with van der Waals surface area (Å²) in [7, 11) is 0. The molecule has 0 saturated carbocycles. The lowest BCUT2D eigenvalue weighted by Gasteiger charge is -2.43. The fraction of sp³-hybridized carbons (Fsp3) is 0.444. The van der Waals surface area contributed by atoms with Gasteiger partial charge in [0.2, 0.25) is 0 Å². The second kappa shape index (κ2) is 7.00. The van der Waals surface area contributed by atoms with Crippen molar-refractivity contribution in [2.24, 2.45) is 11.7 Å². The predicted molar refractivity (Wildman–Crippen MR) is 104 cm³/mol. The first-order valence-corrected chi connectivity index (χ1v) is 9.39. The van der Waals surface area contributed by atoms with Crippen molar-refractivity contribution in [2.45, 2.75) is 32.3 Å². The largest absolute Gasteiger partial charge is 0.444 e. The molecular formula is C18H21BrClN3O2. The summed E-state index contributed by atoms with van der Waals surface area (Å²) in [5.41, 5.74) is 6.56. The number of hydrogen-bond donors (Lipinski definition) is 1. The first kappa shape index (κ1) is 18.3. The van der Waals surface area contributed by atoms with Gasteiger partial charge in [-0.05, 0) is 50.8 Å². The van der Waals surface area contributed by atoms with E-state index in [0.717, 1.165) is 47.0 Å². The van der Waals surface area contributed by atoms with Gasteiger partial charge in [-0.3, -0.25) is 4.98 Å². The molecule has 2 N–H and O–H groups in total. The van der Waals surface area contributed by atoms with Gasteiger partial charge in [-0.1, -0.05) is 27.5 Å². The molecule has 134 valence electrons. The molecule has 1 aliphatic rings. The number of hydrogen-bond acceptors (Lipinski definition) is 4. The Hall–Kier alpha value is -1.53. The Morgan fingerprint density at radius 1 is 1.48 bits per heavy atom. The third kappa shape index (κ3) is 4.18. The van der Waals surface area contributed by atoms with Crippen molar-refractivity contribution in [3.05, 3.63) is 33.9 Å². The second-order valence-corrected chi connectivity index (χ2v) is 8.43. The van der Waals surface area contributed by atoms with Crippen LogP contribution in [0.4, 0.5) is 10.5 Å². The minimum Gasteiger partial charge on any atom is -0.444 e. The first-order valence-electron chi connectivity index (χ1n) is 8.22. The van der Waals surface area contributed by atoms with Crippen LogP contribution in [0.3, 0.4) is 0 Å².